The zero-order valence-electron chi connectivity index (χ0n) is 18.7. The van der Waals surface area contributed by atoms with Crippen molar-refractivity contribution in [3.05, 3.63) is 91.0 Å². The smallest absolute Gasteiger partial charge is 0.233 e. The van der Waals surface area contributed by atoms with E-state index in [-0.39, 0.29) is 5.91 Å². The summed E-state index contributed by atoms with van der Waals surface area (Å²) >= 11 is 1.34. The maximum Gasteiger partial charge on any atom is 0.233 e. The molecule has 7 heteroatoms. The lowest BCUT2D eigenvalue weighted by molar-refractivity contribution is -0.128. The zero-order chi connectivity index (χ0) is 23.2. The van der Waals surface area contributed by atoms with Crippen LogP contribution in [-0.4, -0.2) is 57.9 Å². The summed E-state index contributed by atoms with van der Waals surface area (Å²) in [7, 11) is 0. The lowest BCUT2D eigenvalue weighted by Crippen LogP contribution is -2.49. The Balaban J connectivity index is 1.26. The molecule has 34 heavy (non-hydrogen) atoms. The summed E-state index contributed by atoms with van der Waals surface area (Å²) in [5.74, 6) is 0.404. The first-order valence-electron chi connectivity index (χ1n) is 11.3. The van der Waals surface area contributed by atoms with Crippen LogP contribution in [0, 0.1) is 0 Å². The molecule has 2 heterocycles. The van der Waals surface area contributed by atoms with Gasteiger partial charge in [-0.2, -0.15) is 0 Å². The molecule has 170 valence electrons. The van der Waals surface area contributed by atoms with Gasteiger partial charge in [0, 0.05) is 43.0 Å². The Labute approximate surface area is 203 Å². The summed E-state index contributed by atoms with van der Waals surface area (Å²) in [5.41, 5.74) is 4.65. The van der Waals surface area contributed by atoms with Gasteiger partial charge in [-0.25, -0.2) is 4.98 Å². The number of rotatable bonds is 6. The molecule has 1 aliphatic heterocycles. The summed E-state index contributed by atoms with van der Waals surface area (Å²) in [5, 5.41) is 9.34. The van der Waals surface area contributed by atoms with Gasteiger partial charge in [0.2, 0.25) is 11.1 Å². The lowest BCUT2D eigenvalue weighted by Gasteiger charge is -2.36. The maximum atomic E-state index is 12.9. The number of hydrogen-bond donors (Lipinski definition) is 0. The predicted octanol–water partition coefficient (Wildman–Crippen LogP) is 4.65. The van der Waals surface area contributed by atoms with E-state index >= 15 is 0 Å². The van der Waals surface area contributed by atoms with Crippen molar-refractivity contribution in [2.24, 2.45) is 0 Å². The van der Waals surface area contributed by atoms with Crippen molar-refractivity contribution in [3.8, 4) is 22.5 Å². The Bertz CT molecular complexity index is 1230. The maximum absolute atomic E-state index is 12.9. The standard InChI is InChI=1S/C27H25N5OS/c33-24(32-18-16-31(17-19-32)23-14-8-3-9-15-23)20-34-27-28-25(21-10-4-1-5-11-21)26(29-30-27)22-12-6-2-7-13-22/h1-15H,16-20H2. The minimum absolute atomic E-state index is 0.106. The highest BCUT2D eigenvalue weighted by molar-refractivity contribution is 7.99. The third-order valence-electron chi connectivity index (χ3n) is 5.84. The van der Waals surface area contributed by atoms with Gasteiger partial charge in [0.25, 0.3) is 0 Å². The van der Waals surface area contributed by atoms with Crippen molar-refractivity contribution < 1.29 is 4.79 Å². The zero-order valence-corrected chi connectivity index (χ0v) is 19.6. The van der Waals surface area contributed by atoms with Crippen LogP contribution >= 0.6 is 11.8 Å². The van der Waals surface area contributed by atoms with Crippen LogP contribution in [0.15, 0.2) is 96.2 Å². The number of carbonyl (C=O) groups is 1. The second-order valence-corrected chi connectivity index (χ2v) is 8.96. The molecule has 1 amide bonds. The molecule has 0 atom stereocenters. The molecule has 0 bridgehead atoms. The topological polar surface area (TPSA) is 62.2 Å². The molecule has 6 nitrogen and oxygen atoms in total. The molecule has 0 spiro atoms. The van der Waals surface area contributed by atoms with Crippen LogP contribution in [0.2, 0.25) is 0 Å². The van der Waals surface area contributed by atoms with E-state index in [1.54, 1.807) is 0 Å². The number of hydrogen-bond acceptors (Lipinski definition) is 6. The molecule has 0 radical (unpaired) electrons. The highest BCUT2D eigenvalue weighted by atomic mass is 32.2. The van der Waals surface area contributed by atoms with Gasteiger partial charge < -0.3 is 9.80 Å². The van der Waals surface area contributed by atoms with Gasteiger partial charge in [0.15, 0.2) is 0 Å². The molecule has 5 rings (SSSR count). The summed E-state index contributed by atoms with van der Waals surface area (Å²) < 4.78 is 0. The molecular weight excluding hydrogens is 442 g/mol. The van der Waals surface area contributed by atoms with Gasteiger partial charge in [0.1, 0.15) is 11.4 Å². The van der Waals surface area contributed by atoms with E-state index in [2.05, 4.69) is 27.2 Å². The van der Waals surface area contributed by atoms with Gasteiger partial charge in [-0.1, -0.05) is 90.6 Å². The number of anilines is 1. The summed E-state index contributed by atoms with van der Waals surface area (Å²) in [4.78, 5) is 21.9. The van der Waals surface area contributed by atoms with Gasteiger partial charge in [-0.15, -0.1) is 10.2 Å². The Hall–Kier alpha value is -3.71. The Morgan fingerprint density at radius 3 is 1.88 bits per heavy atom. The number of amides is 1. The third-order valence-corrected chi connectivity index (χ3v) is 6.66. The summed E-state index contributed by atoms with van der Waals surface area (Å²) in [6.45, 7) is 3.11. The van der Waals surface area contributed by atoms with Crippen LogP contribution in [-0.2, 0) is 4.79 Å². The van der Waals surface area contributed by atoms with E-state index < -0.39 is 0 Å². The minimum Gasteiger partial charge on any atom is -0.368 e. The summed E-state index contributed by atoms with van der Waals surface area (Å²) in [6.07, 6.45) is 0. The van der Waals surface area contributed by atoms with E-state index in [9.17, 15) is 4.79 Å². The molecule has 1 aliphatic rings. The van der Waals surface area contributed by atoms with E-state index in [4.69, 9.17) is 4.98 Å². The predicted molar refractivity (Wildman–Crippen MR) is 137 cm³/mol. The van der Waals surface area contributed by atoms with Crippen molar-refractivity contribution in [2.75, 3.05) is 36.8 Å². The van der Waals surface area contributed by atoms with Crippen LogP contribution in [0.1, 0.15) is 0 Å². The minimum atomic E-state index is 0.106. The quantitative estimate of drug-likeness (QED) is 0.385. The Morgan fingerprint density at radius 1 is 0.706 bits per heavy atom. The molecule has 4 aromatic rings. The van der Waals surface area contributed by atoms with E-state index in [1.165, 1.54) is 17.4 Å². The largest absolute Gasteiger partial charge is 0.368 e. The second kappa shape index (κ2) is 10.5. The Kier molecular flexibility index (Phi) is 6.81. The number of thioether (sulfide) groups is 1. The van der Waals surface area contributed by atoms with Crippen molar-refractivity contribution in [1.82, 2.24) is 20.1 Å². The highest BCUT2D eigenvalue weighted by Gasteiger charge is 2.22. The highest BCUT2D eigenvalue weighted by Crippen LogP contribution is 2.29. The van der Waals surface area contributed by atoms with E-state index in [0.29, 0.717) is 10.9 Å². The fourth-order valence-corrected chi connectivity index (χ4v) is 4.72. The lowest BCUT2D eigenvalue weighted by atomic mass is 10.0. The number of piperazine rings is 1. The van der Waals surface area contributed by atoms with Crippen LogP contribution in [0.25, 0.3) is 22.5 Å². The molecule has 0 saturated carbocycles. The van der Waals surface area contributed by atoms with Gasteiger partial charge in [-0.05, 0) is 12.1 Å². The van der Waals surface area contributed by atoms with Gasteiger partial charge in [-0.3, -0.25) is 4.79 Å². The van der Waals surface area contributed by atoms with Crippen LogP contribution < -0.4 is 4.90 Å². The molecule has 1 fully saturated rings. The number of nitrogens with zero attached hydrogens (tertiary/aromatic N) is 5. The number of carbonyl (C=O) groups excluding carboxylic acids is 1. The first-order chi connectivity index (χ1) is 16.8. The number of para-hydroxylation sites is 1. The second-order valence-electron chi connectivity index (χ2n) is 8.02. The number of aromatic nitrogens is 3. The number of benzene rings is 3. The van der Waals surface area contributed by atoms with Crippen LogP contribution in [0.5, 0.6) is 0 Å². The van der Waals surface area contributed by atoms with Gasteiger partial charge >= 0.3 is 0 Å². The Morgan fingerprint density at radius 2 is 1.26 bits per heavy atom. The molecular formula is C27H25N5OS. The first-order valence-corrected chi connectivity index (χ1v) is 12.3. The van der Waals surface area contributed by atoms with Crippen molar-refractivity contribution >= 4 is 23.4 Å². The van der Waals surface area contributed by atoms with Crippen molar-refractivity contribution in [2.45, 2.75) is 5.16 Å². The van der Waals surface area contributed by atoms with E-state index in [0.717, 1.165) is 48.7 Å². The molecule has 0 unspecified atom stereocenters. The average molecular weight is 468 g/mol. The average Bonchev–Trinajstić information content (AvgIpc) is 2.93. The molecule has 1 aromatic heterocycles. The molecule has 0 N–H and O–H groups in total. The van der Waals surface area contributed by atoms with Gasteiger partial charge in [0.05, 0.1) is 5.75 Å². The fraction of sp³-hybridized carbons (Fsp3) is 0.185. The van der Waals surface area contributed by atoms with E-state index in [1.807, 2.05) is 83.8 Å². The van der Waals surface area contributed by atoms with Crippen LogP contribution in [0.3, 0.4) is 0 Å². The molecule has 0 aliphatic carbocycles. The fourth-order valence-electron chi connectivity index (χ4n) is 4.03. The first kappa shape index (κ1) is 22.1. The summed E-state index contributed by atoms with van der Waals surface area (Å²) in [6, 6.07) is 30.3. The molecule has 1 saturated heterocycles. The van der Waals surface area contributed by atoms with Crippen LogP contribution in [0.4, 0.5) is 5.69 Å². The third kappa shape index (κ3) is 5.10. The normalized spacial score (nSPS) is 13.6. The SMILES string of the molecule is O=C(CSc1nnc(-c2ccccc2)c(-c2ccccc2)n1)N1CCN(c2ccccc2)CC1. The molecule has 3 aromatic carbocycles. The monoisotopic (exact) mass is 467 g/mol. The van der Waals surface area contributed by atoms with Crippen molar-refractivity contribution in [3.63, 3.8) is 0 Å². The van der Waals surface area contributed by atoms with Crippen molar-refractivity contribution in [1.29, 1.82) is 0 Å².